The molecule has 0 amide bonds. The van der Waals surface area contributed by atoms with Crippen LogP contribution in [0, 0.1) is 17.5 Å². The Morgan fingerprint density at radius 2 is 1.41 bits per heavy atom. The first-order valence-electron chi connectivity index (χ1n) is 4.24. The van der Waals surface area contributed by atoms with Gasteiger partial charge >= 0.3 is 12.3 Å². The van der Waals surface area contributed by atoms with Gasteiger partial charge in [0, 0.05) is 11.6 Å². The largest absolute Gasteiger partial charge is 0.326 e. The van der Waals surface area contributed by atoms with Crippen LogP contribution in [0.25, 0.3) is 0 Å². The Kier molecular flexibility index (Phi) is 3.65. The monoisotopic (exact) mass is 261 g/mol. The normalized spacial score (nSPS) is 14.2. The topological polar surface area (TPSA) is 26.0 Å². The van der Waals surface area contributed by atoms with Crippen molar-refractivity contribution in [2.75, 3.05) is 0 Å². The second-order valence-corrected chi connectivity index (χ2v) is 3.24. The fourth-order valence-corrected chi connectivity index (χ4v) is 1.12. The van der Waals surface area contributed by atoms with Gasteiger partial charge in [-0.15, -0.1) is 0 Å². The molecule has 0 aliphatic carbocycles. The molecular formula is C9H6F7N. The first kappa shape index (κ1) is 13.8. The predicted molar refractivity (Wildman–Crippen MR) is 44.2 cm³/mol. The number of rotatable bonds is 3. The summed E-state index contributed by atoms with van der Waals surface area (Å²) in [6.45, 7) is 0. The van der Waals surface area contributed by atoms with Gasteiger partial charge in [-0.3, -0.25) is 0 Å². The summed E-state index contributed by atoms with van der Waals surface area (Å²) in [4.78, 5) is 0. The van der Waals surface area contributed by atoms with E-state index in [1.54, 1.807) is 0 Å². The van der Waals surface area contributed by atoms with Gasteiger partial charge in [-0.05, 0) is 6.07 Å². The van der Waals surface area contributed by atoms with E-state index in [0.717, 1.165) is 0 Å². The van der Waals surface area contributed by atoms with Crippen molar-refractivity contribution in [2.45, 2.75) is 18.4 Å². The van der Waals surface area contributed by atoms with Gasteiger partial charge in [-0.25, -0.2) is 22.0 Å². The molecule has 8 heteroatoms. The van der Waals surface area contributed by atoms with Crippen LogP contribution in [0.4, 0.5) is 30.7 Å². The third-order valence-corrected chi connectivity index (χ3v) is 2.08. The van der Waals surface area contributed by atoms with Gasteiger partial charge in [0.2, 0.25) is 0 Å². The lowest BCUT2D eigenvalue weighted by atomic mass is 10.0. The molecular weight excluding hydrogens is 255 g/mol. The molecule has 1 aromatic rings. The first-order valence-corrected chi connectivity index (χ1v) is 4.24. The minimum atomic E-state index is -4.74. The summed E-state index contributed by atoms with van der Waals surface area (Å²) in [5.74, 6) is -9.64. The molecule has 0 heterocycles. The van der Waals surface area contributed by atoms with Crippen molar-refractivity contribution in [1.29, 1.82) is 0 Å². The summed E-state index contributed by atoms with van der Waals surface area (Å²) in [5.41, 5.74) is 3.52. The predicted octanol–water partition coefficient (Wildman–Crippen LogP) is 3.00. The molecule has 0 aliphatic rings. The van der Waals surface area contributed by atoms with Crippen molar-refractivity contribution in [1.82, 2.24) is 0 Å². The molecule has 0 spiro atoms. The molecule has 0 saturated heterocycles. The van der Waals surface area contributed by atoms with Gasteiger partial charge in [0.1, 0.15) is 11.9 Å². The van der Waals surface area contributed by atoms with Gasteiger partial charge in [-0.1, -0.05) is 0 Å². The Balaban J connectivity index is 3.21. The maximum atomic E-state index is 13.0. The maximum absolute atomic E-state index is 13.0. The molecule has 1 atom stereocenters. The molecule has 96 valence electrons. The molecule has 0 aliphatic heterocycles. The Labute approximate surface area is 91.0 Å². The SMILES string of the molecule is NC(c1cc(F)c(F)cc1F)C(F)(F)C(F)F. The van der Waals surface area contributed by atoms with E-state index in [1.807, 2.05) is 0 Å². The molecule has 1 nitrogen and oxygen atoms in total. The van der Waals surface area contributed by atoms with Crippen LogP contribution >= 0.6 is 0 Å². The molecule has 17 heavy (non-hydrogen) atoms. The molecule has 0 saturated carbocycles. The number of benzene rings is 1. The van der Waals surface area contributed by atoms with Crippen LogP contribution in [-0.2, 0) is 0 Å². The summed E-state index contributed by atoms with van der Waals surface area (Å²) in [7, 11) is 0. The lowest BCUT2D eigenvalue weighted by Gasteiger charge is -2.23. The van der Waals surface area contributed by atoms with Crippen LogP contribution in [0.1, 0.15) is 11.6 Å². The van der Waals surface area contributed by atoms with Crippen molar-refractivity contribution in [3.63, 3.8) is 0 Å². The van der Waals surface area contributed by atoms with Crippen LogP contribution in [-0.4, -0.2) is 12.3 Å². The highest BCUT2D eigenvalue weighted by atomic mass is 19.3. The molecule has 1 unspecified atom stereocenters. The summed E-state index contributed by atoms with van der Waals surface area (Å²) >= 11 is 0. The highest BCUT2D eigenvalue weighted by molar-refractivity contribution is 5.25. The minimum absolute atomic E-state index is 0.0334. The molecule has 0 aromatic heterocycles. The average molecular weight is 261 g/mol. The quantitative estimate of drug-likeness (QED) is 0.657. The Morgan fingerprint density at radius 3 is 1.88 bits per heavy atom. The highest BCUT2D eigenvalue weighted by Crippen LogP contribution is 2.36. The minimum Gasteiger partial charge on any atom is -0.319 e. The Hall–Kier alpha value is -1.31. The molecule has 0 bridgehead atoms. The summed E-state index contributed by atoms with van der Waals surface area (Å²) in [6, 6.07) is -2.77. The molecule has 1 rings (SSSR count). The van der Waals surface area contributed by atoms with E-state index >= 15 is 0 Å². The van der Waals surface area contributed by atoms with Gasteiger partial charge in [0.25, 0.3) is 0 Å². The third kappa shape index (κ3) is 2.51. The summed E-state index contributed by atoms with van der Waals surface area (Å²) < 4.78 is 87.6. The van der Waals surface area contributed by atoms with E-state index in [-0.39, 0.29) is 12.1 Å². The number of halogens is 7. The highest BCUT2D eigenvalue weighted by Gasteiger charge is 2.48. The Bertz CT molecular complexity index is 418. The molecule has 1 aromatic carbocycles. The molecule has 2 N–H and O–H groups in total. The van der Waals surface area contributed by atoms with Gasteiger partial charge in [-0.2, -0.15) is 8.78 Å². The Morgan fingerprint density at radius 1 is 0.941 bits per heavy atom. The zero-order valence-corrected chi connectivity index (χ0v) is 8.03. The lowest BCUT2D eigenvalue weighted by Crippen LogP contribution is -2.40. The van der Waals surface area contributed by atoms with Crippen LogP contribution in [0.5, 0.6) is 0 Å². The van der Waals surface area contributed by atoms with E-state index in [9.17, 15) is 30.7 Å². The first-order chi connectivity index (χ1) is 7.67. The van der Waals surface area contributed by atoms with Crippen LogP contribution in [0.15, 0.2) is 12.1 Å². The van der Waals surface area contributed by atoms with E-state index in [4.69, 9.17) is 5.73 Å². The fraction of sp³-hybridized carbons (Fsp3) is 0.333. The van der Waals surface area contributed by atoms with Crippen molar-refractivity contribution >= 4 is 0 Å². The van der Waals surface area contributed by atoms with Gasteiger partial charge < -0.3 is 5.73 Å². The molecule has 0 radical (unpaired) electrons. The van der Waals surface area contributed by atoms with E-state index in [2.05, 4.69) is 0 Å². The summed E-state index contributed by atoms with van der Waals surface area (Å²) in [5, 5.41) is 0. The number of hydrogen-bond acceptors (Lipinski definition) is 1. The zero-order valence-electron chi connectivity index (χ0n) is 8.03. The standard InChI is InChI=1S/C9H6F7N/c10-4-2-6(12)5(11)1-3(4)7(17)9(15,16)8(13)14/h1-2,7-8H,17H2. The van der Waals surface area contributed by atoms with Crippen molar-refractivity contribution in [2.24, 2.45) is 5.73 Å². The van der Waals surface area contributed by atoms with Crippen molar-refractivity contribution < 1.29 is 30.7 Å². The average Bonchev–Trinajstić information content (AvgIpc) is 2.22. The fourth-order valence-electron chi connectivity index (χ4n) is 1.12. The third-order valence-electron chi connectivity index (χ3n) is 2.08. The number of hydrogen-bond donors (Lipinski definition) is 1. The van der Waals surface area contributed by atoms with Crippen molar-refractivity contribution in [3.8, 4) is 0 Å². The molecule has 0 fully saturated rings. The van der Waals surface area contributed by atoms with Gasteiger partial charge in [0.05, 0.1) is 0 Å². The van der Waals surface area contributed by atoms with Crippen molar-refractivity contribution in [3.05, 3.63) is 35.1 Å². The second kappa shape index (κ2) is 4.52. The number of alkyl halides is 4. The van der Waals surface area contributed by atoms with Crippen LogP contribution in [0.3, 0.4) is 0 Å². The second-order valence-electron chi connectivity index (χ2n) is 3.24. The maximum Gasteiger partial charge on any atom is 0.326 e. The van der Waals surface area contributed by atoms with Gasteiger partial charge in [0.15, 0.2) is 11.6 Å². The zero-order chi connectivity index (χ0) is 13.4. The van der Waals surface area contributed by atoms with E-state index in [0.29, 0.717) is 0 Å². The smallest absolute Gasteiger partial charge is 0.319 e. The van der Waals surface area contributed by atoms with Crippen LogP contribution in [0.2, 0.25) is 0 Å². The summed E-state index contributed by atoms with van der Waals surface area (Å²) in [6.07, 6.45) is -4.15. The van der Waals surface area contributed by atoms with E-state index < -0.39 is 41.4 Å². The number of nitrogens with two attached hydrogens (primary N) is 1. The lowest BCUT2D eigenvalue weighted by molar-refractivity contribution is -0.145. The van der Waals surface area contributed by atoms with E-state index in [1.165, 1.54) is 0 Å². The van der Waals surface area contributed by atoms with Crippen LogP contribution < -0.4 is 5.73 Å².